The van der Waals surface area contributed by atoms with Gasteiger partial charge in [-0.25, -0.2) is 8.42 Å². The summed E-state index contributed by atoms with van der Waals surface area (Å²) in [6.45, 7) is 0.482. The van der Waals surface area contributed by atoms with Crippen molar-refractivity contribution in [3.05, 3.63) is 24.0 Å². The molecule has 0 unspecified atom stereocenters. The molecule has 2 saturated heterocycles. The first-order valence-corrected chi connectivity index (χ1v) is 9.19. The average molecular weight is 341 g/mol. The van der Waals surface area contributed by atoms with Crippen molar-refractivity contribution in [1.82, 2.24) is 14.4 Å². The number of carboxylic acid groups (broad SMARTS) is 1. The topological polar surface area (TPSA) is 99.9 Å². The third-order valence-corrected chi connectivity index (χ3v) is 6.25. The van der Waals surface area contributed by atoms with Crippen LogP contribution in [-0.4, -0.2) is 83.0 Å². The van der Waals surface area contributed by atoms with Gasteiger partial charge < -0.3 is 14.6 Å². The molecule has 0 bridgehead atoms. The van der Waals surface area contributed by atoms with E-state index in [1.807, 2.05) is 0 Å². The van der Waals surface area contributed by atoms with Crippen molar-refractivity contribution in [3.8, 4) is 0 Å². The van der Waals surface area contributed by atoms with Crippen molar-refractivity contribution >= 4 is 21.7 Å². The minimum Gasteiger partial charge on any atom is -0.480 e. The van der Waals surface area contributed by atoms with E-state index in [2.05, 4.69) is 0 Å². The Balaban J connectivity index is 1.88. The molecule has 23 heavy (non-hydrogen) atoms. The van der Waals surface area contributed by atoms with E-state index in [0.717, 1.165) is 0 Å². The van der Waals surface area contributed by atoms with Crippen LogP contribution in [0, 0.1) is 0 Å². The van der Waals surface area contributed by atoms with Crippen molar-refractivity contribution in [1.29, 1.82) is 0 Å². The van der Waals surface area contributed by atoms with Crippen LogP contribution in [0.1, 0.15) is 10.5 Å². The summed E-state index contributed by atoms with van der Waals surface area (Å²) in [5, 5.41) is 9.00. The monoisotopic (exact) mass is 341 g/mol. The molecular formula is C14H19N3O5S. The number of carbonyl (C=O) groups is 2. The molecule has 1 aromatic rings. The number of aryl methyl sites for hydroxylation is 1. The Hall–Kier alpha value is -1.87. The third kappa shape index (κ3) is 2.98. The van der Waals surface area contributed by atoms with Gasteiger partial charge in [-0.2, -0.15) is 0 Å². The van der Waals surface area contributed by atoms with Gasteiger partial charge in [-0.1, -0.05) is 0 Å². The number of carboxylic acids is 1. The molecular weight excluding hydrogens is 322 g/mol. The predicted octanol–water partition coefficient (Wildman–Crippen LogP) is -0.967. The summed E-state index contributed by atoms with van der Waals surface area (Å²) in [4.78, 5) is 27.0. The first-order valence-electron chi connectivity index (χ1n) is 7.37. The highest BCUT2D eigenvalue weighted by atomic mass is 32.2. The molecule has 8 nitrogen and oxygen atoms in total. The van der Waals surface area contributed by atoms with Gasteiger partial charge in [0.05, 0.1) is 24.1 Å². The van der Waals surface area contributed by atoms with Crippen LogP contribution in [0.3, 0.4) is 0 Å². The minimum atomic E-state index is -3.28. The van der Waals surface area contributed by atoms with Crippen molar-refractivity contribution in [3.63, 3.8) is 0 Å². The molecule has 0 saturated carbocycles. The number of carbonyl (C=O) groups excluding carboxylic acids is 1. The SMILES string of the molecule is Cn1cccc1C(=O)N1CCN(CC(=O)O)[C@@H]2CS(=O)(=O)C[C@@H]21. The molecule has 1 amide bonds. The van der Waals surface area contributed by atoms with Crippen LogP contribution < -0.4 is 0 Å². The summed E-state index contributed by atoms with van der Waals surface area (Å²) in [5.74, 6) is -1.40. The second-order valence-electron chi connectivity index (χ2n) is 6.08. The summed E-state index contributed by atoms with van der Waals surface area (Å²) in [6, 6.07) is 2.52. The maximum atomic E-state index is 12.7. The number of nitrogens with zero attached hydrogens (tertiary/aromatic N) is 3. The molecule has 0 spiro atoms. The van der Waals surface area contributed by atoms with Gasteiger partial charge in [-0.15, -0.1) is 0 Å². The van der Waals surface area contributed by atoms with E-state index in [4.69, 9.17) is 5.11 Å². The third-order valence-electron chi connectivity index (χ3n) is 4.55. The summed E-state index contributed by atoms with van der Waals surface area (Å²) in [7, 11) is -1.52. The zero-order valence-corrected chi connectivity index (χ0v) is 13.6. The van der Waals surface area contributed by atoms with E-state index in [-0.39, 0.29) is 24.0 Å². The number of aliphatic carboxylic acids is 1. The van der Waals surface area contributed by atoms with Crippen LogP contribution in [0.25, 0.3) is 0 Å². The van der Waals surface area contributed by atoms with E-state index in [1.54, 1.807) is 39.7 Å². The maximum Gasteiger partial charge on any atom is 0.317 e. The number of amides is 1. The number of sulfone groups is 1. The largest absolute Gasteiger partial charge is 0.480 e. The maximum absolute atomic E-state index is 12.7. The lowest BCUT2D eigenvalue weighted by molar-refractivity contribution is -0.139. The van der Waals surface area contributed by atoms with Crippen LogP contribution in [0.4, 0.5) is 0 Å². The zero-order valence-electron chi connectivity index (χ0n) is 12.8. The quantitative estimate of drug-likeness (QED) is 0.760. The van der Waals surface area contributed by atoms with Crippen LogP contribution >= 0.6 is 0 Å². The Morgan fingerprint density at radius 2 is 1.96 bits per heavy atom. The second kappa shape index (κ2) is 5.64. The molecule has 2 atom stereocenters. The van der Waals surface area contributed by atoms with E-state index in [1.165, 1.54) is 0 Å². The fourth-order valence-corrected chi connectivity index (χ4v) is 5.49. The number of hydrogen-bond donors (Lipinski definition) is 1. The Morgan fingerprint density at radius 1 is 1.26 bits per heavy atom. The lowest BCUT2D eigenvalue weighted by atomic mass is 10.0. The zero-order chi connectivity index (χ0) is 16.8. The van der Waals surface area contributed by atoms with E-state index in [9.17, 15) is 18.0 Å². The molecule has 3 rings (SSSR count). The fraction of sp³-hybridized carbons (Fsp3) is 0.571. The molecule has 0 radical (unpaired) electrons. The van der Waals surface area contributed by atoms with Gasteiger partial charge in [-0.3, -0.25) is 14.5 Å². The molecule has 1 aromatic heterocycles. The van der Waals surface area contributed by atoms with Gasteiger partial charge in [0.25, 0.3) is 5.91 Å². The second-order valence-corrected chi connectivity index (χ2v) is 8.23. The van der Waals surface area contributed by atoms with Crippen molar-refractivity contribution in [2.75, 3.05) is 31.1 Å². The van der Waals surface area contributed by atoms with E-state index < -0.39 is 27.9 Å². The molecule has 9 heteroatoms. The van der Waals surface area contributed by atoms with Crippen LogP contribution in [0.2, 0.25) is 0 Å². The van der Waals surface area contributed by atoms with Crippen LogP contribution in [0.5, 0.6) is 0 Å². The average Bonchev–Trinajstić information content (AvgIpc) is 3.00. The van der Waals surface area contributed by atoms with Crippen LogP contribution in [0.15, 0.2) is 18.3 Å². The Kier molecular flexibility index (Phi) is 3.93. The highest BCUT2D eigenvalue weighted by molar-refractivity contribution is 7.91. The predicted molar refractivity (Wildman–Crippen MR) is 81.9 cm³/mol. The van der Waals surface area contributed by atoms with Gasteiger partial charge in [0.1, 0.15) is 5.69 Å². The molecule has 0 aliphatic carbocycles. The lowest BCUT2D eigenvalue weighted by Gasteiger charge is -2.43. The smallest absolute Gasteiger partial charge is 0.317 e. The first-order chi connectivity index (χ1) is 10.8. The number of hydrogen-bond acceptors (Lipinski definition) is 5. The molecule has 1 N–H and O–H groups in total. The van der Waals surface area contributed by atoms with Gasteiger partial charge in [0, 0.05) is 32.4 Å². The van der Waals surface area contributed by atoms with Gasteiger partial charge in [0.15, 0.2) is 9.84 Å². The molecule has 0 aromatic carbocycles. The molecule has 2 aliphatic rings. The van der Waals surface area contributed by atoms with Gasteiger partial charge in [0.2, 0.25) is 0 Å². The highest BCUT2D eigenvalue weighted by Gasteiger charge is 2.48. The van der Waals surface area contributed by atoms with E-state index >= 15 is 0 Å². The number of piperazine rings is 1. The van der Waals surface area contributed by atoms with Gasteiger partial charge >= 0.3 is 5.97 Å². The molecule has 2 aliphatic heterocycles. The Bertz CT molecular complexity index is 741. The summed E-state index contributed by atoms with van der Waals surface area (Å²) in [6.07, 6.45) is 1.76. The Labute approximate surface area is 134 Å². The fourth-order valence-electron chi connectivity index (χ4n) is 3.48. The van der Waals surface area contributed by atoms with Crippen molar-refractivity contribution < 1.29 is 23.1 Å². The Morgan fingerprint density at radius 3 is 2.57 bits per heavy atom. The number of fused-ring (bicyclic) bond motifs is 1. The van der Waals surface area contributed by atoms with Gasteiger partial charge in [-0.05, 0) is 12.1 Å². The number of aromatic nitrogens is 1. The number of rotatable bonds is 3. The van der Waals surface area contributed by atoms with Crippen LogP contribution in [-0.2, 0) is 21.7 Å². The molecule has 2 fully saturated rings. The minimum absolute atomic E-state index is 0.0954. The highest BCUT2D eigenvalue weighted by Crippen LogP contribution is 2.28. The normalized spacial score (nSPS) is 26.9. The summed E-state index contributed by atoms with van der Waals surface area (Å²) in [5.41, 5.74) is 0.500. The van der Waals surface area contributed by atoms with Crippen molar-refractivity contribution in [2.24, 2.45) is 7.05 Å². The first kappa shape index (κ1) is 16.0. The lowest BCUT2D eigenvalue weighted by Crippen LogP contribution is -2.61. The standard InChI is InChI=1S/C14H19N3O5S/c1-15-4-2-3-10(15)14(20)17-6-5-16(7-13(18)19)11-8-23(21,22)9-12(11)17/h2-4,11-12H,5-9H2,1H3,(H,18,19)/t11-,12+/m1/s1. The molecule has 3 heterocycles. The van der Waals surface area contributed by atoms with E-state index in [0.29, 0.717) is 18.8 Å². The summed E-state index contributed by atoms with van der Waals surface area (Å²) < 4.78 is 25.8. The molecule has 126 valence electrons. The summed E-state index contributed by atoms with van der Waals surface area (Å²) >= 11 is 0. The van der Waals surface area contributed by atoms with Crippen molar-refractivity contribution in [2.45, 2.75) is 12.1 Å².